The molecule has 6 aliphatic rings. The van der Waals surface area contributed by atoms with Gasteiger partial charge in [0, 0.05) is 73.7 Å². The van der Waals surface area contributed by atoms with E-state index in [-0.39, 0.29) is 48.9 Å². The third-order valence-corrected chi connectivity index (χ3v) is 14.7. The molecule has 9 rings (SSSR count). The predicted octanol–water partition coefficient (Wildman–Crippen LogP) is 9.09. The Morgan fingerprint density at radius 3 is 2.31 bits per heavy atom. The molecule has 3 amide bonds. The zero-order valence-corrected chi connectivity index (χ0v) is 36.0. The van der Waals surface area contributed by atoms with Crippen LogP contribution in [0.2, 0.25) is 5.02 Å². The molecular weight excluding hydrogens is 800 g/mol. The predicted molar refractivity (Wildman–Crippen MR) is 235 cm³/mol. The Bertz CT molecular complexity index is 2400. The van der Waals surface area contributed by atoms with Gasteiger partial charge in [0.05, 0.1) is 33.9 Å². The Labute approximate surface area is 368 Å². The molecule has 10 nitrogen and oxygen atoms in total. The average molecular weight is 853 g/mol. The van der Waals surface area contributed by atoms with Crippen LogP contribution in [0.25, 0.3) is 0 Å². The number of carbonyl (C=O) groups is 5. The molecule has 4 fully saturated rings. The number of halogens is 1. The number of hydrogen-bond donors (Lipinski definition) is 0. The molecule has 3 aliphatic heterocycles. The number of amides is 3. The van der Waals surface area contributed by atoms with Crippen LogP contribution in [-0.2, 0) is 16.1 Å². The second-order valence-electron chi connectivity index (χ2n) is 18.4. The highest BCUT2D eigenvalue weighted by molar-refractivity contribution is 6.31. The average Bonchev–Trinajstić information content (AvgIpc) is 3.57. The summed E-state index contributed by atoms with van der Waals surface area (Å²) in [6.45, 7) is 2.47. The minimum Gasteiger partial charge on any atom is -0.490 e. The molecule has 11 heteroatoms. The number of Topliss-reactive ketones (excluding diaryl/α,β-unsaturated/α-hetero) is 2. The van der Waals surface area contributed by atoms with Crippen molar-refractivity contribution in [2.45, 2.75) is 127 Å². The van der Waals surface area contributed by atoms with E-state index in [0.29, 0.717) is 64.6 Å². The number of hydrogen-bond acceptors (Lipinski definition) is 8. The van der Waals surface area contributed by atoms with E-state index in [9.17, 15) is 24.0 Å². The van der Waals surface area contributed by atoms with Crippen molar-refractivity contribution in [2.75, 3.05) is 18.0 Å². The van der Waals surface area contributed by atoms with Gasteiger partial charge in [0.25, 0.3) is 17.7 Å². The Hall–Kier alpha value is -5.45. The molecule has 3 aromatic carbocycles. The number of nitrogens with zero attached hydrogens (tertiary/aromatic N) is 4. The summed E-state index contributed by atoms with van der Waals surface area (Å²) < 4.78 is 6.18. The van der Waals surface area contributed by atoms with E-state index in [2.05, 4.69) is 28.9 Å². The van der Waals surface area contributed by atoms with Crippen LogP contribution in [0.3, 0.4) is 0 Å². The molecule has 320 valence electrons. The second kappa shape index (κ2) is 18.1. The largest absolute Gasteiger partial charge is 0.490 e. The Morgan fingerprint density at radius 2 is 1.50 bits per heavy atom. The third kappa shape index (κ3) is 8.77. The van der Waals surface area contributed by atoms with Crippen molar-refractivity contribution in [3.63, 3.8) is 0 Å². The van der Waals surface area contributed by atoms with Crippen LogP contribution < -0.4 is 9.64 Å². The molecule has 3 atom stereocenters. The summed E-state index contributed by atoms with van der Waals surface area (Å²) in [5, 5.41) is 9.55. The fourth-order valence-corrected chi connectivity index (χ4v) is 10.9. The normalized spacial score (nSPS) is 25.5. The lowest BCUT2D eigenvalue weighted by atomic mass is 9.86. The first kappa shape index (κ1) is 41.9. The number of ether oxygens (including phenoxy) is 1. The van der Waals surface area contributed by atoms with Crippen LogP contribution in [0.1, 0.15) is 150 Å². The molecular formula is C51H53ClN4O6. The summed E-state index contributed by atoms with van der Waals surface area (Å²) in [5.41, 5.74) is 4.90. The first-order valence-corrected chi connectivity index (χ1v) is 23.1. The van der Waals surface area contributed by atoms with E-state index in [0.717, 1.165) is 78.9 Å². The molecule has 0 bridgehead atoms. The van der Waals surface area contributed by atoms with Gasteiger partial charge in [0.2, 0.25) is 0 Å². The molecule has 0 radical (unpaired) electrons. The number of anilines is 1. The van der Waals surface area contributed by atoms with E-state index in [1.54, 1.807) is 24.3 Å². The Balaban J connectivity index is 0.714. The highest BCUT2D eigenvalue weighted by Gasteiger charge is 2.44. The molecule has 3 unspecified atom stereocenters. The zero-order chi connectivity index (χ0) is 42.9. The summed E-state index contributed by atoms with van der Waals surface area (Å²) in [5.74, 6) is 8.61. The fourth-order valence-electron chi connectivity index (χ4n) is 10.7. The summed E-state index contributed by atoms with van der Waals surface area (Å²) in [6, 6.07) is 18.1. The van der Waals surface area contributed by atoms with E-state index in [1.165, 1.54) is 32.1 Å². The van der Waals surface area contributed by atoms with Crippen molar-refractivity contribution in [1.82, 2.24) is 9.80 Å². The Kier molecular flexibility index (Phi) is 12.2. The van der Waals surface area contributed by atoms with Gasteiger partial charge < -0.3 is 14.5 Å². The van der Waals surface area contributed by atoms with Gasteiger partial charge in [0.15, 0.2) is 5.78 Å². The maximum absolute atomic E-state index is 13.5. The summed E-state index contributed by atoms with van der Waals surface area (Å²) in [7, 11) is 0. The highest BCUT2D eigenvalue weighted by Crippen LogP contribution is 2.38. The standard InChI is InChI=1S/C51H53ClN4O6/c52-46-27-42(19-14-36(46)28-53)62-41-20-15-38(16-21-41)55-31-37-25-34(13-22-43(37)49(55)59)11-9-32-3-1-4-33(8-7-32)10-12-35-29-54(30-35)39-17-23-44-45(26-39)51(61)56(50(44)60)47-24-18-40(57)5-2-6-48(47)58/h13-14,17,19,22-23,25-27,32-33,35,38,41,47H,1-8,10,12,15-16,18,20-21,24,29-31H2. The number of ketones is 2. The van der Waals surface area contributed by atoms with Gasteiger partial charge in [0.1, 0.15) is 17.6 Å². The molecule has 3 saturated carbocycles. The molecule has 0 spiro atoms. The quantitative estimate of drug-likeness (QED) is 0.125. The first-order valence-electron chi connectivity index (χ1n) is 22.7. The lowest BCUT2D eigenvalue weighted by Gasteiger charge is -2.42. The van der Waals surface area contributed by atoms with Gasteiger partial charge in [-0.2, -0.15) is 5.26 Å². The summed E-state index contributed by atoms with van der Waals surface area (Å²) >= 11 is 6.20. The number of fused-ring (bicyclic) bond motifs is 2. The number of rotatable bonds is 8. The third-order valence-electron chi connectivity index (χ3n) is 14.4. The van der Waals surface area contributed by atoms with Gasteiger partial charge in [-0.25, -0.2) is 0 Å². The molecule has 3 aromatic rings. The van der Waals surface area contributed by atoms with Crippen LogP contribution in [0.15, 0.2) is 54.6 Å². The van der Waals surface area contributed by atoms with Crippen LogP contribution in [-0.4, -0.2) is 70.4 Å². The van der Waals surface area contributed by atoms with Crippen LogP contribution >= 0.6 is 11.6 Å². The number of carbonyl (C=O) groups excluding carboxylic acids is 5. The van der Waals surface area contributed by atoms with Crippen LogP contribution in [0.4, 0.5) is 5.69 Å². The minimum absolute atomic E-state index is 0.0542. The SMILES string of the molecule is N#Cc1ccc(OC2CCC(N3Cc4cc(C#CC5CCCC(CCC6CN(c7ccc8c(c7)C(=O)N(C7CCC(=O)CCCC7=O)C8=O)C6)CC5)ccc4C3=O)CC2)cc1Cl. The molecule has 0 aromatic heterocycles. The topological polar surface area (TPSA) is 128 Å². The van der Waals surface area contributed by atoms with E-state index in [1.807, 2.05) is 29.2 Å². The smallest absolute Gasteiger partial charge is 0.262 e. The van der Waals surface area contributed by atoms with Crippen LogP contribution in [0.5, 0.6) is 5.75 Å². The van der Waals surface area contributed by atoms with Gasteiger partial charge in [-0.1, -0.05) is 42.7 Å². The molecule has 3 heterocycles. The van der Waals surface area contributed by atoms with Gasteiger partial charge in [-0.05, 0) is 130 Å². The lowest BCUT2D eigenvalue weighted by molar-refractivity contribution is -0.125. The maximum atomic E-state index is 13.5. The van der Waals surface area contributed by atoms with E-state index >= 15 is 0 Å². The van der Waals surface area contributed by atoms with Crippen molar-refractivity contribution in [3.05, 3.63) is 93.0 Å². The molecule has 0 N–H and O–H groups in total. The van der Waals surface area contributed by atoms with E-state index < -0.39 is 17.9 Å². The van der Waals surface area contributed by atoms with Crippen LogP contribution in [0, 0.1) is 40.9 Å². The Morgan fingerprint density at radius 1 is 0.710 bits per heavy atom. The number of imide groups is 1. The molecule has 62 heavy (non-hydrogen) atoms. The fraction of sp³-hybridized carbons (Fsp3) is 0.490. The van der Waals surface area contributed by atoms with Crippen molar-refractivity contribution >= 4 is 46.6 Å². The lowest BCUT2D eigenvalue weighted by Crippen LogP contribution is -2.47. The van der Waals surface area contributed by atoms with Crippen molar-refractivity contribution < 1.29 is 28.7 Å². The molecule has 1 saturated heterocycles. The maximum Gasteiger partial charge on any atom is 0.262 e. The minimum atomic E-state index is -0.867. The number of benzene rings is 3. The van der Waals surface area contributed by atoms with Crippen molar-refractivity contribution in [1.29, 1.82) is 5.26 Å². The molecule has 3 aliphatic carbocycles. The van der Waals surface area contributed by atoms with E-state index in [4.69, 9.17) is 21.6 Å². The van der Waals surface area contributed by atoms with Crippen molar-refractivity contribution in [3.8, 4) is 23.7 Å². The van der Waals surface area contributed by atoms with Gasteiger partial charge in [-0.3, -0.25) is 28.9 Å². The zero-order valence-electron chi connectivity index (χ0n) is 35.2. The van der Waals surface area contributed by atoms with Gasteiger partial charge >= 0.3 is 0 Å². The van der Waals surface area contributed by atoms with Crippen molar-refractivity contribution in [2.24, 2.45) is 17.8 Å². The summed E-state index contributed by atoms with van der Waals surface area (Å²) in [6.07, 6.45) is 13.2. The monoisotopic (exact) mass is 852 g/mol. The highest BCUT2D eigenvalue weighted by atomic mass is 35.5. The second-order valence-corrected chi connectivity index (χ2v) is 18.8. The van der Waals surface area contributed by atoms with Gasteiger partial charge in [-0.15, -0.1) is 0 Å². The first-order chi connectivity index (χ1) is 30.1. The number of nitriles is 1. The summed E-state index contributed by atoms with van der Waals surface area (Å²) in [4.78, 5) is 70.7.